The number of thiazole rings is 1. The standard InChI is InChI=1S/C25H22N2O3S/c28-23-15-19(26-25-27(23)21-12-6-7-13-22(21)31-25)16-30-24(29)20-11-5-4-10-18(20)14-17-8-2-1-3-9-17/h1-5,8-11,15H,6-7,12-14,16H2. The molecule has 0 saturated carbocycles. The topological polar surface area (TPSA) is 60.7 Å². The van der Waals surface area contributed by atoms with Gasteiger partial charge in [0.05, 0.1) is 11.3 Å². The number of ether oxygens (including phenoxy) is 1. The molecule has 2 aromatic heterocycles. The largest absolute Gasteiger partial charge is 0.456 e. The number of nitrogens with zero attached hydrogens (tertiary/aromatic N) is 2. The van der Waals surface area contributed by atoms with Gasteiger partial charge in [0.2, 0.25) is 0 Å². The highest BCUT2D eigenvalue weighted by Crippen LogP contribution is 2.28. The van der Waals surface area contributed by atoms with Crippen molar-refractivity contribution in [1.82, 2.24) is 9.38 Å². The van der Waals surface area contributed by atoms with Crippen molar-refractivity contribution in [1.29, 1.82) is 0 Å². The molecule has 0 radical (unpaired) electrons. The van der Waals surface area contributed by atoms with Crippen molar-refractivity contribution in [3.63, 3.8) is 0 Å². The molecule has 0 amide bonds. The zero-order chi connectivity index (χ0) is 21.2. The Balaban J connectivity index is 1.35. The number of carbonyl (C=O) groups excluding carboxylic acids is 1. The lowest BCUT2D eigenvalue weighted by Gasteiger charge is -2.11. The lowest BCUT2D eigenvalue weighted by atomic mass is 10.00. The molecule has 1 aliphatic carbocycles. The molecule has 0 bridgehead atoms. The van der Waals surface area contributed by atoms with Gasteiger partial charge in [0.15, 0.2) is 4.96 Å². The van der Waals surface area contributed by atoms with E-state index in [-0.39, 0.29) is 12.2 Å². The average Bonchev–Trinajstić information content (AvgIpc) is 3.17. The van der Waals surface area contributed by atoms with Gasteiger partial charge in [-0.25, -0.2) is 9.78 Å². The Morgan fingerprint density at radius 1 is 1.03 bits per heavy atom. The minimum absolute atomic E-state index is 0.0210. The highest BCUT2D eigenvalue weighted by Gasteiger charge is 2.19. The normalized spacial score (nSPS) is 13.2. The summed E-state index contributed by atoms with van der Waals surface area (Å²) in [5.41, 5.74) is 4.06. The van der Waals surface area contributed by atoms with Crippen molar-refractivity contribution in [3.8, 4) is 0 Å². The number of esters is 1. The number of aromatic nitrogens is 2. The van der Waals surface area contributed by atoms with Gasteiger partial charge in [-0.05, 0) is 49.3 Å². The molecular weight excluding hydrogens is 408 g/mol. The number of hydrogen-bond donors (Lipinski definition) is 0. The second-order valence-electron chi connectivity index (χ2n) is 7.78. The molecule has 5 rings (SSSR count). The fourth-order valence-electron chi connectivity index (χ4n) is 4.12. The molecule has 156 valence electrons. The zero-order valence-corrected chi connectivity index (χ0v) is 17.9. The van der Waals surface area contributed by atoms with Gasteiger partial charge < -0.3 is 4.74 Å². The van der Waals surface area contributed by atoms with Gasteiger partial charge in [-0.15, -0.1) is 11.3 Å². The molecule has 31 heavy (non-hydrogen) atoms. The summed E-state index contributed by atoms with van der Waals surface area (Å²) in [5.74, 6) is -0.404. The van der Waals surface area contributed by atoms with Crippen LogP contribution in [0.2, 0.25) is 0 Å². The molecule has 0 atom stereocenters. The minimum Gasteiger partial charge on any atom is -0.456 e. The molecule has 0 saturated heterocycles. The summed E-state index contributed by atoms with van der Waals surface area (Å²) in [6.07, 6.45) is 4.83. The van der Waals surface area contributed by atoms with E-state index in [2.05, 4.69) is 4.98 Å². The molecule has 2 heterocycles. The van der Waals surface area contributed by atoms with Crippen molar-refractivity contribution < 1.29 is 9.53 Å². The van der Waals surface area contributed by atoms with E-state index >= 15 is 0 Å². The SMILES string of the molecule is O=C(OCc1cc(=O)n2c3c(sc2n1)CCCC3)c1ccccc1Cc1ccccc1. The van der Waals surface area contributed by atoms with Crippen molar-refractivity contribution in [2.24, 2.45) is 0 Å². The summed E-state index contributed by atoms with van der Waals surface area (Å²) < 4.78 is 7.28. The van der Waals surface area contributed by atoms with Crippen molar-refractivity contribution >= 4 is 22.3 Å². The fraction of sp³-hybridized carbons (Fsp3) is 0.240. The Labute approximate surface area is 184 Å². The highest BCUT2D eigenvalue weighted by atomic mass is 32.1. The van der Waals surface area contributed by atoms with Crippen LogP contribution >= 0.6 is 11.3 Å². The van der Waals surface area contributed by atoms with Crippen LogP contribution in [0.3, 0.4) is 0 Å². The minimum atomic E-state index is -0.404. The molecule has 0 unspecified atom stereocenters. The molecule has 0 spiro atoms. The number of aryl methyl sites for hydroxylation is 2. The molecular formula is C25H22N2O3S. The number of rotatable bonds is 5. The van der Waals surface area contributed by atoms with E-state index in [1.54, 1.807) is 21.8 Å². The second-order valence-corrected chi connectivity index (χ2v) is 8.84. The lowest BCUT2D eigenvalue weighted by molar-refractivity contribution is 0.0466. The van der Waals surface area contributed by atoms with Crippen molar-refractivity contribution in [2.45, 2.75) is 38.7 Å². The van der Waals surface area contributed by atoms with Crippen LogP contribution < -0.4 is 5.56 Å². The first-order valence-corrected chi connectivity index (χ1v) is 11.3. The first-order chi connectivity index (χ1) is 15.2. The molecule has 6 heteroatoms. The van der Waals surface area contributed by atoms with Crippen LogP contribution in [0, 0.1) is 0 Å². The quantitative estimate of drug-likeness (QED) is 0.435. The molecule has 1 aliphatic rings. The third-order valence-corrected chi connectivity index (χ3v) is 6.78. The summed E-state index contributed by atoms with van der Waals surface area (Å²) in [6.45, 7) is -0.0210. The number of benzene rings is 2. The summed E-state index contributed by atoms with van der Waals surface area (Å²) in [6, 6.07) is 19.0. The fourth-order valence-corrected chi connectivity index (χ4v) is 5.35. The maximum Gasteiger partial charge on any atom is 0.338 e. The number of fused-ring (bicyclic) bond motifs is 3. The van der Waals surface area contributed by atoms with Crippen molar-refractivity contribution in [3.05, 3.63) is 104 Å². The molecule has 5 nitrogen and oxygen atoms in total. The summed E-state index contributed by atoms with van der Waals surface area (Å²) in [7, 11) is 0. The molecule has 0 aliphatic heterocycles. The van der Waals surface area contributed by atoms with Crippen LogP contribution in [0.15, 0.2) is 65.5 Å². The molecule has 2 aromatic carbocycles. The van der Waals surface area contributed by atoms with Crippen LogP contribution in [-0.2, 0) is 30.6 Å². The van der Waals surface area contributed by atoms with Gasteiger partial charge >= 0.3 is 5.97 Å². The number of hydrogen-bond acceptors (Lipinski definition) is 5. The van der Waals surface area contributed by atoms with E-state index in [0.717, 1.165) is 42.5 Å². The van der Waals surface area contributed by atoms with Crippen molar-refractivity contribution in [2.75, 3.05) is 0 Å². The Kier molecular flexibility index (Phi) is 5.38. The Morgan fingerprint density at radius 2 is 1.81 bits per heavy atom. The Hall–Kier alpha value is -3.25. The van der Waals surface area contributed by atoms with E-state index in [0.29, 0.717) is 22.6 Å². The van der Waals surface area contributed by atoms with Gasteiger partial charge in [-0.2, -0.15) is 0 Å². The van der Waals surface area contributed by atoms with E-state index in [1.165, 1.54) is 10.9 Å². The maximum absolute atomic E-state index is 12.8. The molecule has 4 aromatic rings. The van der Waals surface area contributed by atoms with Crippen LogP contribution in [0.5, 0.6) is 0 Å². The second kappa shape index (κ2) is 8.47. The highest BCUT2D eigenvalue weighted by molar-refractivity contribution is 7.17. The van der Waals surface area contributed by atoms with Crippen LogP contribution in [0.4, 0.5) is 0 Å². The van der Waals surface area contributed by atoms with E-state index in [1.807, 2.05) is 48.5 Å². The number of carbonyl (C=O) groups is 1. The lowest BCUT2D eigenvalue weighted by Crippen LogP contribution is -2.18. The van der Waals surface area contributed by atoms with E-state index in [4.69, 9.17) is 4.74 Å². The van der Waals surface area contributed by atoms with E-state index in [9.17, 15) is 9.59 Å². The summed E-state index contributed by atoms with van der Waals surface area (Å²) in [5, 5.41) is 0. The third kappa shape index (κ3) is 4.03. The third-order valence-electron chi connectivity index (χ3n) is 5.64. The summed E-state index contributed by atoms with van der Waals surface area (Å²) >= 11 is 1.57. The van der Waals surface area contributed by atoms with Gasteiger partial charge in [0.1, 0.15) is 6.61 Å². The average molecular weight is 431 g/mol. The Bertz CT molecular complexity index is 1310. The van der Waals surface area contributed by atoms with Gasteiger partial charge in [0.25, 0.3) is 5.56 Å². The first kappa shape index (κ1) is 19.7. The first-order valence-electron chi connectivity index (χ1n) is 10.5. The van der Waals surface area contributed by atoms with Gasteiger partial charge in [-0.1, -0.05) is 48.5 Å². The predicted molar refractivity (Wildman–Crippen MR) is 121 cm³/mol. The van der Waals surface area contributed by atoms with Crippen LogP contribution in [0.25, 0.3) is 4.96 Å². The smallest absolute Gasteiger partial charge is 0.338 e. The predicted octanol–water partition coefficient (Wildman–Crippen LogP) is 4.58. The van der Waals surface area contributed by atoms with Gasteiger partial charge in [0, 0.05) is 16.6 Å². The zero-order valence-electron chi connectivity index (χ0n) is 17.0. The Morgan fingerprint density at radius 3 is 2.68 bits per heavy atom. The van der Waals surface area contributed by atoms with Crippen LogP contribution in [0.1, 0.15) is 50.6 Å². The maximum atomic E-state index is 12.8. The summed E-state index contributed by atoms with van der Waals surface area (Å²) in [4.78, 5) is 32.0. The van der Waals surface area contributed by atoms with E-state index < -0.39 is 5.97 Å². The molecule has 0 N–H and O–H groups in total. The van der Waals surface area contributed by atoms with Crippen LogP contribution in [-0.4, -0.2) is 15.4 Å². The van der Waals surface area contributed by atoms with Gasteiger partial charge in [-0.3, -0.25) is 9.20 Å². The monoisotopic (exact) mass is 430 g/mol. The molecule has 0 fully saturated rings.